The number of benzene rings is 2. The van der Waals surface area contributed by atoms with Crippen molar-refractivity contribution in [1.82, 2.24) is 9.78 Å². The third kappa shape index (κ3) is 5.12. The smallest absolute Gasteiger partial charge is 0.291 e. The summed E-state index contributed by atoms with van der Waals surface area (Å²) in [4.78, 5) is 24.5. The van der Waals surface area contributed by atoms with Crippen LogP contribution < -0.4 is 15.4 Å². The van der Waals surface area contributed by atoms with Gasteiger partial charge in [0.25, 0.3) is 11.8 Å². The maximum Gasteiger partial charge on any atom is 0.291 e. The zero-order valence-electron chi connectivity index (χ0n) is 16.1. The molecule has 0 saturated heterocycles. The van der Waals surface area contributed by atoms with Crippen molar-refractivity contribution >= 4 is 34.8 Å². The van der Waals surface area contributed by atoms with Crippen LogP contribution >= 0.6 is 11.6 Å². The molecule has 0 spiro atoms. The molecule has 0 atom stereocenters. The predicted molar refractivity (Wildman–Crippen MR) is 116 cm³/mol. The topological polar surface area (TPSA) is 98.4 Å². The normalized spacial score (nSPS) is 10.5. The number of hydrogen-bond donors (Lipinski definition) is 2. The third-order valence-corrected chi connectivity index (χ3v) is 4.43. The maximum atomic E-state index is 12.4. The van der Waals surface area contributed by atoms with Crippen LogP contribution in [0.1, 0.15) is 10.6 Å². The first kappa shape index (κ1) is 20.2. The van der Waals surface area contributed by atoms with Crippen molar-refractivity contribution in [3.05, 3.63) is 90.1 Å². The van der Waals surface area contributed by atoms with Gasteiger partial charge in [-0.15, -0.1) is 0 Å². The van der Waals surface area contributed by atoms with Gasteiger partial charge in [-0.2, -0.15) is 5.10 Å². The lowest BCUT2D eigenvalue weighted by molar-refractivity contribution is -0.118. The lowest BCUT2D eigenvalue weighted by Gasteiger charge is -2.13. The van der Waals surface area contributed by atoms with E-state index in [-0.39, 0.29) is 24.2 Å². The van der Waals surface area contributed by atoms with Crippen molar-refractivity contribution < 1.29 is 18.7 Å². The molecule has 9 heteroatoms. The molecule has 0 bridgehead atoms. The van der Waals surface area contributed by atoms with E-state index in [1.165, 1.54) is 6.26 Å². The van der Waals surface area contributed by atoms with Crippen molar-refractivity contribution in [3.63, 3.8) is 0 Å². The summed E-state index contributed by atoms with van der Waals surface area (Å²) in [5.41, 5.74) is 1.68. The molecule has 2 aromatic carbocycles. The van der Waals surface area contributed by atoms with E-state index in [4.69, 9.17) is 20.8 Å². The highest BCUT2D eigenvalue weighted by Gasteiger charge is 2.12. The molecule has 8 nitrogen and oxygen atoms in total. The molecule has 4 aromatic rings. The molecule has 2 heterocycles. The van der Waals surface area contributed by atoms with Crippen LogP contribution in [0.4, 0.5) is 11.4 Å². The molecule has 0 saturated carbocycles. The molecule has 2 N–H and O–H groups in total. The fraction of sp³-hybridized carbons (Fsp3) is 0.0455. The molecule has 0 unspecified atom stereocenters. The first-order valence-electron chi connectivity index (χ1n) is 9.25. The van der Waals surface area contributed by atoms with Gasteiger partial charge in [0.15, 0.2) is 12.4 Å². The Balaban J connectivity index is 1.39. The predicted octanol–water partition coefficient (Wildman–Crippen LogP) is 4.39. The Labute approximate surface area is 182 Å². The summed E-state index contributed by atoms with van der Waals surface area (Å²) in [6.45, 7) is -0.235. The van der Waals surface area contributed by atoms with Gasteiger partial charge in [0.05, 0.1) is 17.6 Å². The van der Waals surface area contributed by atoms with Crippen LogP contribution in [0, 0.1) is 0 Å². The Morgan fingerprint density at radius 3 is 2.74 bits per heavy atom. The maximum absolute atomic E-state index is 12.4. The molecular formula is C22H17ClN4O4. The number of nitrogens with one attached hydrogen (secondary N) is 2. The number of furan rings is 1. The first-order chi connectivity index (χ1) is 15.1. The van der Waals surface area contributed by atoms with Crippen LogP contribution in [0.5, 0.6) is 5.75 Å². The second-order valence-corrected chi connectivity index (χ2v) is 6.84. The van der Waals surface area contributed by atoms with E-state index in [0.717, 1.165) is 0 Å². The quantitative estimate of drug-likeness (QED) is 0.447. The van der Waals surface area contributed by atoms with E-state index >= 15 is 0 Å². The average Bonchev–Trinajstić information content (AvgIpc) is 3.47. The number of nitrogens with zero attached hydrogens (tertiary/aromatic N) is 2. The minimum Gasteiger partial charge on any atom is -0.484 e. The fourth-order valence-corrected chi connectivity index (χ4v) is 2.99. The largest absolute Gasteiger partial charge is 0.484 e. The van der Waals surface area contributed by atoms with Crippen LogP contribution in [-0.4, -0.2) is 28.2 Å². The number of hydrogen-bond acceptors (Lipinski definition) is 5. The first-order valence-corrected chi connectivity index (χ1v) is 9.63. The summed E-state index contributed by atoms with van der Waals surface area (Å²) in [6, 6.07) is 16.8. The van der Waals surface area contributed by atoms with Crippen LogP contribution in [0.3, 0.4) is 0 Å². The van der Waals surface area contributed by atoms with Crippen LogP contribution in [-0.2, 0) is 4.79 Å². The van der Waals surface area contributed by atoms with Crippen molar-refractivity contribution in [3.8, 4) is 11.4 Å². The van der Waals surface area contributed by atoms with Crippen LogP contribution in [0.2, 0.25) is 5.02 Å². The zero-order chi connectivity index (χ0) is 21.6. The number of ether oxygens (including phenoxy) is 1. The molecular weight excluding hydrogens is 420 g/mol. The molecule has 2 amide bonds. The lowest BCUT2D eigenvalue weighted by atomic mass is 10.2. The van der Waals surface area contributed by atoms with Crippen molar-refractivity contribution in [2.45, 2.75) is 0 Å². The number of carbonyl (C=O) groups is 2. The highest BCUT2D eigenvalue weighted by atomic mass is 35.5. The number of halogens is 1. The van der Waals surface area contributed by atoms with Crippen molar-refractivity contribution in [2.24, 2.45) is 0 Å². The van der Waals surface area contributed by atoms with Gasteiger partial charge in [-0.1, -0.05) is 17.7 Å². The van der Waals surface area contributed by atoms with E-state index in [1.807, 2.05) is 0 Å². The summed E-state index contributed by atoms with van der Waals surface area (Å²) in [6.07, 6.45) is 4.82. The number of rotatable bonds is 7. The molecule has 31 heavy (non-hydrogen) atoms. The van der Waals surface area contributed by atoms with E-state index in [0.29, 0.717) is 27.8 Å². The second kappa shape index (κ2) is 9.19. The third-order valence-electron chi connectivity index (χ3n) is 4.19. The minimum atomic E-state index is -0.382. The molecule has 2 aromatic heterocycles. The Hall–Kier alpha value is -4.04. The number of anilines is 2. The number of amides is 2. The van der Waals surface area contributed by atoms with Crippen molar-refractivity contribution in [1.29, 1.82) is 0 Å². The standard InChI is InChI=1S/C22H17ClN4O4/c23-15-7-8-19(27-10-3-9-24-27)18(12-15)26-21(28)14-31-17-5-1-4-16(13-17)25-22(29)20-6-2-11-30-20/h1-13H,14H2,(H,25,29)(H,26,28). The fourth-order valence-electron chi connectivity index (χ4n) is 2.82. The van der Waals surface area contributed by atoms with Gasteiger partial charge in [-0.25, -0.2) is 4.68 Å². The molecule has 0 aliphatic heterocycles. The second-order valence-electron chi connectivity index (χ2n) is 6.41. The van der Waals surface area contributed by atoms with E-state index in [9.17, 15) is 9.59 Å². The summed E-state index contributed by atoms with van der Waals surface area (Å²) in [5.74, 6) is -0.140. The van der Waals surface area contributed by atoms with Crippen LogP contribution in [0.15, 0.2) is 83.7 Å². The lowest BCUT2D eigenvalue weighted by Crippen LogP contribution is -2.21. The number of carbonyl (C=O) groups excluding carboxylic acids is 2. The highest BCUT2D eigenvalue weighted by Crippen LogP contribution is 2.24. The zero-order valence-corrected chi connectivity index (χ0v) is 16.9. The van der Waals surface area contributed by atoms with Gasteiger partial charge in [-0.05, 0) is 48.5 Å². The molecule has 156 valence electrons. The SMILES string of the molecule is O=C(COc1cccc(NC(=O)c2ccco2)c1)Nc1cc(Cl)ccc1-n1cccn1. The summed E-state index contributed by atoms with van der Waals surface area (Å²) >= 11 is 6.08. The van der Waals surface area contributed by atoms with Gasteiger partial charge in [0.2, 0.25) is 0 Å². The van der Waals surface area contributed by atoms with Gasteiger partial charge in [0, 0.05) is 29.2 Å². The molecule has 0 radical (unpaired) electrons. The Morgan fingerprint density at radius 2 is 1.97 bits per heavy atom. The van der Waals surface area contributed by atoms with Gasteiger partial charge in [-0.3, -0.25) is 9.59 Å². The van der Waals surface area contributed by atoms with Gasteiger partial charge < -0.3 is 19.8 Å². The molecule has 0 fully saturated rings. The molecule has 0 aliphatic carbocycles. The Morgan fingerprint density at radius 1 is 1.06 bits per heavy atom. The summed E-state index contributed by atoms with van der Waals surface area (Å²) in [5, 5.41) is 10.1. The highest BCUT2D eigenvalue weighted by molar-refractivity contribution is 6.31. The summed E-state index contributed by atoms with van der Waals surface area (Å²) < 4.78 is 12.3. The van der Waals surface area contributed by atoms with Crippen LogP contribution in [0.25, 0.3) is 5.69 Å². The molecule has 0 aliphatic rings. The Kier molecular flexibility index (Phi) is 6.00. The molecule has 4 rings (SSSR count). The average molecular weight is 437 g/mol. The summed E-state index contributed by atoms with van der Waals surface area (Å²) in [7, 11) is 0. The number of aromatic nitrogens is 2. The Bertz CT molecular complexity index is 1190. The monoisotopic (exact) mass is 436 g/mol. The van der Waals surface area contributed by atoms with E-state index in [1.54, 1.807) is 77.7 Å². The minimum absolute atomic E-state index is 0.195. The van der Waals surface area contributed by atoms with Gasteiger partial charge in [0.1, 0.15) is 5.75 Å². The van der Waals surface area contributed by atoms with Crippen molar-refractivity contribution in [2.75, 3.05) is 17.2 Å². The van der Waals surface area contributed by atoms with Gasteiger partial charge >= 0.3 is 0 Å². The van der Waals surface area contributed by atoms with E-state index in [2.05, 4.69) is 15.7 Å². The van der Waals surface area contributed by atoms with E-state index < -0.39 is 0 Å².